The fourth-order valence-corrected chi connectivity index (χ4v) is 4.82. The minimum Gasteiger partial charge on any atom is -0.369 e. The van der Waals surface area contributed by atoms with Crippen molar-refractivity contribution < 1.29 is 18.0 Å². The molecule has 33 heavy (non-hydrogen) atoms. The van der Waals surface area contributed by atoms with E-state index >= 15 is 0 Å². The quantitative estimate of drug-likeness (QED) is 0.664. The Morgan fingerprint density at radius 3 is 2.73 bits per heavy atom. The van der Waals surface area contributed by atoms with E-state index in [1.807, 2.05) is 26.0 Å². The second-order valence-corrected chi connectivity index (χ2v) is 8.79. The summed E-state index contributed by atoms with van der Waals surface area (Å²) in [5, 5.41) is 2.80. The van der Waals surface area contributed by atoms with Gasteiger partial charge in [-0.05, 0) is 57.7 Å². The number of halogens is 3. The maximum Gasteiger partial charge on any atom is 0.391 e. The average molecular weight is 463 g/mol. The Morgan fingerprint density at radius 1 is 1.21 bits per heavy atom. The first-order valence-corrected chi connectivity index (χ1v) is 11.5. The number of hydrogen-bond donors (Lipinski definition) is 1. The Bertz CT molecular complexity index is 970. The van der Waals surface area contributed by atoms with Gasteiger partial charge in [-0.15, -0.1) is 0 Å². The van der Waals surface area contributed by atoms with Gasteiger partial charge in [-0.2, -0.15) is 13.2 Å². The van der Waals surface area contributed by atoms with Crippen LogP contribution in [0, 0.1) is 5.92 Å². The van der Waals surface area contributed by atoms with Gasteiger partial charge >= 0.3 is 12.2 Å². The molecule has 2 aliphatic rings. The van der Waals surface area contributed by atoms with E-state index in [9.17, 15) is 18.0 Å². The second kappa shape index (κ2) is 9.52. The van der Waals surface area contributed by atoms with E-state index in [1.54, 1.807) is 11.0 Å². The summed E-state index contributed by atoms with van der Waals surface area (Å²) < 4.78 is 40.1. The third-order valence-corrected chi connectivity index (χ3v) is 6.68. The number of carbonyl (C=O) groups excluding carboxylic acids is 1. The van der Waals surface area contributed by atoms with Gasteiger partial charge in [0.05, 0.1) is 11.6 Å². The fraction of sp³-hybridized carbons (Fsp3) is 0.565. The Balaban J connectivity index is 1.69. The first-order valence-electron chi connectivity index (χ1n) is 11.5. The van der Waals surface area contributed by atoms with Gasteiger partial charge in [0, 0.05) is 36.9 Å². The van der Waals surface area contributed by atoms with Crippen molar-refractivity contribution in [3.05, 3.63) is 36.4 Å². The number of carbonyl (C=O) groups is 1. The van der Waals surface area contributed by atoms with Crippen LogP contribution in [0.15, 0.2) is 30.7 Å². The summed E-state index contributed by atoms with van der Waals surface area (Å²) in [6, 6.07) is 4.81. The monoisotopic (exact) mass is 462 g/mol. The SMILES string of the molecule is CCN1CC[C@@H](C)N(C(=O)Nc2ccncn2)c2nc(C3CCCC(C(F)(F)F)C3)ccc21. The predicted octanol–water partition coefficient (Wildman–Crippen LogP) is 5.36. The first kappa shape index (κ1) is 23.3. The molecule has 2 aromatic heterocycles. The molecule has 0 bridgehead atoms. The molecule has 7 nitrogen and oxygen atoms in total. The third kappa shape index (κ3) is 5.04. The van der Waals surface area contributed by atoms with Gasteiger partial charge < -0.3 is 4.90 Å². The lowest BCUT2D eigenvalue weighted by molar-refractivity contribution is -0.183. The van der Waals surface area contributed by atoms with Crippen LogP contribution < -0.4 is 15.1 Å². The van der Waals surface area contributed by atoms with Crippen LogP contribution in [-0.2, 0) is 0 Å². The molecular weight excluding hydrogens is 433 g/mol. The zero-order chi connectivity index (χ0) is 23.6. The van der Waals surface area contributed by atoms with Crippen LogP contribution in [0.5, 0.6) is 0 Å². The highest BCUT2D eigenvalue weighted by atomic mass is 19.4. The number of amides is 2. The zero-order valence-electron chi connectivity index (χ0n) is 18.8. The van der Waals surface area contributed by atoms with Crippen LogP contribution in [0.25, 0.3) is 0 Å². The number of pyridine rings is 1. The summed E-state index contributed by atoms with van der Waals surface area (Å²) in [4.78, 5) is 29.8. The summed E-state index contributed by atoms with van der Waals surface area (Å²) in [5.41, 5.74) is 1.43. The highest BCUT2D eigenvalue weighted by Gasteiger charge is 2.43. The summed E-state index contributed by atoms with van der Waals surface area (Å²) >= 11 is 0. The number of nitrogens with one attached hydrogen (secondary N) is 1. The summed E-state index contributed by atoms with van der Waals surface area (Å²) in [7, 11) is 0. The Hall–Kier alpha value is -2.91. The second-order valence-electron chi connectivity index (χ2n) is 8.79. The lowest BCUT2D eigenvalue weighted by Gasteiger charge is -2.32. The van der Waals surface area contributed by atoms with Crippen molar-refractivity contribution in [3.8, 4) is 0 Å². The number of fused-ring (bicyclic) bond motifs is 1. The van der Waals surface area contributed by atoms with Crippen LogP contribution in [-0.4, -0.2) is 46.3 Å². The highest BCUT2D eigenvalue weighted by Crippen LogP contribution is 2.44. The van der Waals surface area contributed by atoms with Crippen molar-refractivity contribution in [2.24, 2.45) is 5.92 Å². The molecule has 2 aromatic rings. The van der Waals surface area contributed by atoms with Gasteiger partial charge in [-0.1, -0.05) is 6.42 Å². The van der Waals surface area contributed by atoms with Gasteiger partial charge in [0.1, 0.15) is 12.1 Å². The normalized spacial score (nSPS) is 23.6. The molecule has 2 unspecified atom stereocenters. The lowest BCUT2D eigenvalue weighted by Crippen LogP contribution is -2.42. The molecule has 0 saturated heterocycles. The van der Waals surface area contributed by atoms with Crippen molar-refractivity contribution in [3.63, 3.8) is 0 Å². The Labute approximate surface area is 191 Å². The zero-order valence-corrected chi connectivity index (χ0v) is 18.8. The molecule has 0 aromatic carbocycles. The molecule has 0 spiro atoms. The maximum atomic E-state index is 13.4. The largest absolute Gasteiger partial charge is 0.391 e. The van der Waals surface area contributed by atoms with E-state index in [0.717, 1.165) is 25.2 Å². The van der Waals surface area contributed by atoms with Crippen LogP contribution in [0.4, 0.5) is 35.3 Å². The number of hydrogen-bond acceptors (Lipinski definition) is 5. The molecule has 3 atom stereocenters. The smallest absolute Gasteiger partial charge is 0.369 e. The van der Waals surface area contributed by atoms with E-state index in [-0.39, 0.29) is 30.8 Å². The van der Waals surface area contributed by atoms with Gasteiger partial charge in [0.15, 0.2) is 5.82 Å². The van der Waals surface area contributed by atoms with Crippen molar-refractivity contribution in [2.75, 3.05) is 28.2 Å². The lowest BCUT2D eigenvalue weighted by atomic mass is 9.79. The fourth-order valence-electron chi connectivity index (χ4n) is 4.82. The first-order chi connectivity index (χ1) is 15.8. The van der Waals surface area contributed by atoms with Crippen LogP contribution in [0.3, 0.4) is 0 Å². The minimum absolute atomic E-state index is 0.0372. The predicted molar refractivity (Wildman–Crippen MR) is 120 cm³/mol. The van der Waals surface area contributed by atoms with Gasteiger partial charge in [-0.25, -0.2) is 19.7 Å². The standard InChI is InChI=1S/C23H29F3N6O/c1-3-31-12-10-15(2)32(22(33)30-20-9-11-27-14-28-20)21-19(31)8-7-18(29-21)16-5-4-6-17(13-16)23(24,25)26/h7-9,11,14-17H,3-6,10,12-13H2,1-2H3,(H,27,28,30,33)/t15-,16?,17?/m1/s1. The average Bonchev–Trinajstić information content (AvgIpc) is 2.94. The summed E-state index contributed by atoms with van der Waals surface area (Å²) in [6.07, 6.45) is 0.816. The maximum absolute atomic E-state index is 13.4. The van der Waals surface area contributed by atoms with Crippen LogP contribution >= 0.6 is 0 Å². The molecule has 10 heteroatoms. The highest BCUT2D eigenvalue weighted by molar-refractivity contribution is 6.03. The third-order valence-electron chi connectivity index (χ3n) is 6.68. The molecular formula is C23H29F3N6O. The van der Waals surface area contributed by atoms with Crippen LogP contribution in [0.2, 0.25) is 0 Å². The van der Waals surface area contributed by atoms with Crippen molar-refractivity contribution in [1.29, 1.82) is 0 Å². The number of nitrogens with zero attached hydrogens (tertiary/aromatic N) is 5. The van der Waals surface area contributed by atoms with E-state index in [0.29, 0.717) is 30.2 Å². The van der Waals surface area contributed by atoms with Crippen molar-refractivity contribution in [1.82, 2.24) is 15.0 Å². The number of urea groups is 1. The molecule has 1 fully saturated rings. The summed E-state index contributed by atoms with van der Waals surface area (Å²) in [6.45, 7) is 5.48. The number of aromatic nitrogens is 3. The molecule has 1 saturated carbocycles. The molecule has 1 N–H and O–H groups in total. The van der Waals surface area contributed by atoms with Crippen molar-refractivity contribution in [2.45, 2.75) is 64.1 Å². The summed E-state index contributed by atoms with van der Waals surface area (Å²) in [5.74, 6) is -0.729. The van der Waals surface area contributed by atoms with Crippen LogP contribution in [0.1, 0.15) is 57.6 Å². The van der Waals surface area contributed by atoms with E-state index in [4.69, 9.17) is 4.98 Å². The van der Waals surface area contributed by atoms with Crippen molar-refractivity contribution >= 4 is 23.4 Å². The topological polar surface area (TPSA) is 74.2 Å². The molecule has 4 rings (SSSR count). The van der Waals surface area contributed by atoms with Gasteiger partial charge in [-0.3, -0.25) is 10.2 Å². The molecule has 0 radical (unpaired) electrons. The van der Waals surface area contributed by atoms with E-state index < -0.39 is 12.1 Å². The van der Waals surface area contributed by atoms with Gasteiger partial charge in [0.25, 0.3) is 0 Å². The molecule has 1 aliphatic carbocycles. The number of anilines is 3. The van der Waals surface area contributed by atoms with E-state index in [2.05, 4.69) is 20.2 Å². The molecule has 2 amide bonds. The minimum atomic E-state index is -4.19. The molecule has 1 aliphatic heterocycles. The Kier molecular flexibility index (Phi) is 6.71. The molecule has 178 valence electrons. The number of alkyl halides is 3. The Morgan fingerprint density at radius 2 is 2.03 bits per heavy atom. The van der Waals surface area contributed by atoms with Gasteiger partial charge in [0.2, 0.25) is 0 Å². The van der Waals surface area contributed by atoms with E-state index in [1.165, 1.54) is 12.5 Å². The molecule has 3 heterocycles. The number of rotatable bonds is 3.